The van der Waals surface area contributed by atoms with E-state index < -0.39 is 17.3 Å². The molecule has 0 amide bonds. The number of alkyl halides is 3. The Kier molecular flexibility index (Phi) is 7.05. The van der Waals surface area contributed by atoms with Gasteiger partial charge in [0.15, 0.2) is 6.29 Å². The minimum atomic E-state index is -4.37. The summed E-state index contributed by atoms with van der Waals surface area (Å²) in [6.45, 7) is 7.42. The van der Waals surface area contributed by atoms with Crippen LogP contribution in [-0.2, 0) is 22.3 Å². The molecule has 1 atom stereocenters. The number of carbonyl (C=O) groups excluding carboxylic acids is 1. The molecule has 0 fully saturated rings. The second-order valence-electron chi connectivity index (χ2n) is 7.96. The lowest BCUT2D eigenvalue weighted by Crippen LogP contribution is -2.25. The van der Waals surface area contributed by atoms with E-state index in [1.807, 2.05) is 38.1 Å². The zero-order valence-electron chi connectivity index (χ0n) is 18.2. The van der Waals surface area contributed by atoms with Crippen molar-refractivity contribution in [3.8, 4) is 16.3 Å². The van der Waals surface area contributed by atoms with Crippen LogP contribution < -0.4 is 4.74 Å². The summed E-state index contributed by atoms with van der Waals surface area (Å²) in [4.78, 5) is 16.4. The van der Waals surface area contributed by atoms with E-state index in [0.717, 1.165) is 34.6 Å². The van der Waals surface area contributed by atoms with Crippen molar-refractivity contribution >= 4 is 17.6 Å². The van der Waals surface area contributed by atoms with E-state index >= 15 is 0 Å². The number of thiazole rings is 1. The summed E-state index contributed by atoms with van der Waals surface area (Å²) in [6.07, 6.45) is -3.91. The first-order valence-corrected chi connectivity index (χ1v) is 10.8. The van der Waals surface area contributed by atoms with E-state index in [9.17, 15) is 18.0 Å². The van der Waals surface area contributed by atoms with E-state index in [0.29, 0.717) is 16.3 Å². The summed E-state index contributed by atoms with van der Waals surface area (Å²) >= 11 is 1.39. The fraction of sp³-hybridized carbons (Fsp3) is 0.333. The van der Waals surface area contributed by atoms with Crippen LogP contribution in [0.1, 0.15) is 48.6 Å². The first kappa shape index (κ1) is 23.9. The van der Waals surface area contributed by atoms with Crippen molar-refractivity contribution < 1.29 is 27.4 Å². The second-order valence-corrected chi connectivity index (χ2v) is 8.99. The van der Waals surface area contributed by atoms with Crippen LogP contribution in [0.5, 0.6) is 5.75 Å². The fourth-order valence-corrected chi connectivity index (χ4v) is 4.03. The van der Waals surface area contributed by atoms with Crippen molar-refractivity contribution in [3.05, 3.63) is 70.2 Å². The van der Waals surface area contributed by atoms with Gasteiger partial charge in [-0.15, -0.1) is 11.3 Å². The van der Waals surface area contributed by atoms with Crippen LogP contribution in [0.3, 0.4) is 0 Å². The summed E-state index contributed by atoms with van der Waals surface area (Å²) in [5, 5.41) is 0.639. The van der Waals surface area contributed by atoms with Crippen molar-refractivity contribution in [1.82, 2.24) is 4.98 Å². The largest absolute Gasteiger partial charge is 0.485 e. The standard InChI is InChI=1S/C24H24F3NO3S/c1-15-21(32-22(28-15)18-8-10-19(11-9-18)24(25,26)27)16(2)31-20-7-5-6-17(12-20)13-30-23(3,4)14-29/h5-12,14,16H,13H2,1-4H3. The summed E-state index contributed by atoms with van der Waals surface area (Å²) < 4.78 is 50.1. The predicted molar refractivity (Wildman–Crippen MR) is 118 cm³/mol. The Morgan fingerprint density at radius 3 is 2.44 bits per heavy atom. The Morgan fingerprint density at radius 1 is 1.12 bits per heavy atom. The molecular weight excluding hydrogens is 439 g/mol. The third-order valence-corrected chi connectivity index (χ3v) is 6.13. The molecule has 170 valence electrons. The number of hydrogen-bond acceptors (Lipinski definition) is 5. The van der Waals surface area contributed by atoms with E-state index in [1.54, 1.807) is 13.8 Å². The minimum Gasteiger partial charge on any atom is -0.485 e. The van der Waals surface area contributed by atoms with Gasteiger partial charge < -0.3 is 14.3 Å². The monoisotopic (exact) mass is 463 g/mol. The number of benzene rings is 2. The number of aromatic nitrogens is 1. The van der Waals surface area contributed by atoms with Crippen LogP contribution in [0.4, 0.5) is 13.2 Å². The van der Waals surface area contributed by atoms with Gasteiger partial charge in [-0.25, -0.2) is 4.98 Å². The molecule has 0 bridgehead atoms. The Hall–Kier alpha value is -2.71. The van der Waals surface area contributed by atoms with Gasteiger partial charge in [0, 0.05) is 5.56 Å². The van der Waals surface area contributed by atoms with Gasteiger partial charge >= 0.3 is 6.18 Å². The molecule has 0 aliphatic heterocycles. The number of halogens is 3. The molecule has 0 spiro atoms. The molecular formula is C24H24F3NO3S. The van der Waals surface area contributed by atoms with Crippen LogP contribution in [0, 0.1) is 6.92 Å². The molecule has 4 nitrogen and oxygen atoms in total. The zero-order chi connectivity index (χ0) is 23.5. The average molecular weight is 464 g/mol. The summed E-state index contributed by atoms with van der Waals surface area (Å²) in [6, 6.07) is 12.4. The number of rotatable bonds is 8. The highest BCUT2D eigenvalue weighted by molar-refractivity contribution is 7.15. The van der Waals surface area contributed by atoms with Gasteiger partial charge in [-0.1, -0.05) is 24.3 Å². The Bertz CT molecular complexity index is 1070. The Labute approximate surface area is 189 Å². The zero-order valence-corrected chi connectivity index (χ0v) is 19.0. The molecule has 0 saturated carbocycles. The Morgan fingerprint density at radius 2 is 1.81 bits per heavy atom. The molecule has 3 rings (SSSR count). The quantitative estimate of drug-likeness (QED) is 0.346. The maximum absolute atomic E-state index is 12.8. The number of ether oxygens (including phenoxy) is 2. The van der Waals surface area contributed by atoms with E-state index in [-0.39, 0.29) is 12.7 Å². The van der Waals surface area contributed by atoms with Gasteiger partial charge in [-0.2, -0.15) is 13.2 Å². The summed E-state index contributed by atoms with van der Waals surface area (Å²) in [5.74, 6) is 0.645. The molecule has 1 unspecified atom stereocenters. The molecule has 0 N–H and O–H groups in total. The van der Waals surface area contributed by atoms with Gasteiger partial charge in [-0.05, 0) is 57.5 Å². The van der Waals surface area contributed by atoms with Crippen molar-refractivity contribution in [2.24, 2.45) is 0 Å². The Balaban J connectivity index is 1.72. The van der Waals surface area contributed by atoms with Crippen LogP contribution in [-0.4, -0.2) is 16.9 Å². The van der Waals surface area contributed by atoms with Gasteiger partial charge in [0.1, 0.15) is 22.5 Å². The molecule has 2 aromatic carbocycles. The van der Waals surface area contributed by atoms with Crippen molar-refractivity contribution in [3.63, 3.8) is 0 Å². The van der Waals surface area contributed by atoms with Gasteiger partial charge in [0.2, 0.25) is 0 Å². The number of nitrogens with zero attached hydrogens (tertiary/aromatic N) is 1. The average Bonchev–Trinajstić information content (AvgIpc) is 3.14. The third kappa shape index (κ3) is 5.95. The van der Waals surface area contributed by atoms with Crippen LogP contribution >= 0.6 is 11.3 Å². The molecule has 0 aliphatic carbocycles. The number of aryl methyl sites for hydroxylation is 1. The smallest absolute Gasteiger partial charge is 0.416 e. The van der Waals surface area contributed by atoms with E-state index in [4.69, 9.17) is 9.47 Å². The molecule has 1 aromatic heterocycles. The molecule has 3 aromatic rings. The van der Waals surface area contributed by atoms with E-state index in [1.165, 1.54) is 23.5 Å². The van der Waals surface area contributed by atoms with Crippen LogP contribution in [0.15, 0.2) is 48.5 Å². The lowest BCUT2D eigenvalue weighted by Gasteiger charge is -2.19. The number of aldehydes is 1. The molecule has 8 heteroatoms. The SMILES string of the molecule is Cc1nc(-c2ccc(C(F)(F)F)cc2)sc1C(C)Oc1cccc(COC(C)(C)C=O)c1. The highest BCUT2D eigenvalue weighted by Crippen LogP contribution is 2.36. The maximum Gasteiger partial charge on any atom is 0.416 e. The first-order valence-electron chi connectivity index (χ1n) is 9.99. The van der Waals surface area contributed by atoms with Crippen LogP contribution in [0.2, 0.25) is 0 Å². The maximum atomic E-state index is 12.8. The molecule has 1 heterocycles. The normalized spacial score (nSPS) is 13.1. The number of hydrogen-bond donors (Lipinski definition) is 0. The highest BCUT2D eigenvalue weighted by Gasteiger charge is 2.30. The summed E-state index contributed by atoms with van der Waals surface area (Å²) in [7, 11) is 0. The lowest BCUT2D eigenvalue weighted by atomic mass is 10.1. The summed E-state index contributed by atoms with van der Waals surface area (Å²) in [5.41, 5.74) is 0.715. The molecule has 0 radical (unpaired) electrons. The minimum absolute atomic E-state index is 0.273. The van der Waals surface area contributed by atoms with Gasteiger partial charge in [-0.3, -0.25) is 0 Å². The van der Waals surface area contributed by atoms with E-state index in [2.05, 4.69) is 4.98 Å². The van der Waals surface area contributed by atoms with Crippen molar-refractivity contribution in [2.75, 3.05) is 0 Å². The topological polar surface area (TPSA) is 48.4 Å². The third-order valence-electron chi connectivity index (χ3n) is 4.77. The van der Waals surface area contributed by atoms with Crippen molar-refractivity contribution in [1.29, 1.82) is 0 Å². The predicted octanol–water partition coefficient (Wildman–Crippen LogP) is 6.77. The molecule has 32 heavy (non-hydrogen) atoms. The lowest BCUT2D eigenvalue weighted by molar-refractivity contribution is -0.137. The van der Waals surface area contributed by atoms with Gasteiger partial charge in [0.05, 0.1) is 22.7 Å². The molecule has 0 saturated heterocycles. The second kappa shape index (κ2) is 9.42. The fourth-order valence-electron chi connectivity index (χ4n) is 2.98. The first-order chi connectivity index (χ1) is 15.0. The van der Waals surface area contributed by atoms with Gasteiger partial charge in [0.25, 0.3) is 0 Å². The number of carbonyl (C=O) groups is 1. The van der Waals surface area contributed by atoms with Crippen molar-refractivity contribution in [2.45, 2.75) is 52.2 Å². The van der Waals surface area contributed by atoms with Crippen LogP contribution in [0.25, 0.3) is 10.6 Å². The molecule has 0 aliphatic rings. The highest BCUT2D eigenvalue weighted by atomic mass is 32.1.